The van der Waals surface area contributed by atoms with Gasteiger partial charge < -0.3 is 10.4 Å². The van der Waals surface area contributed by atoms with Gasteiger partial charge in [-0.2, -0.15) is 0 Å². The van der Waals surface area contributed by atoms with Gasteiger partial charge >= 0.3 is 4.87 Å². The zero-order valence-electron chi connectivity index (χ0n) is 13.4. The molecule has 24 heavy (non-hydrogen) atoms. The third-order valence-corrected chi connectivity index (χ3v) is 5.16. The number of fused-ring (bicyclic) bond motifs is 1. The number of aromatic amines is 1. The number of hydrogen-bond acceptors (Lipinski definition) is 7. The molecule has 0 aliphatic heterocycles. The summed E-state index contributed by atoms with van der Waals surface area (Å²) in [7, 11) is 0. The van der Waals surface area contributed by atoms with Gasteiger partial charge in [-0.3, -0.25) is 9.78 Å². The Morgan fingerprint density at radius 1 is 1.42 bits per heavy atom. The fourth-order valence-electron chi connectivity index (χ4n) is 2.22. The summed E-state index contributed by atoms with van der Waals surface area (Å²) in [5, 5.41) is 13.0. The van der Waals surface area contributed by atoms with E-state index in [-0.39, 0.29) is 17.5 Å². The van der Waals surface area contributed by atoms with Crippen LogP contribution in [0.1, 0.15) is 18.1 Å². The van der Waals surface area contributed by atoms with Crippen molar-refractivity contribution in [3.8, 4) is 0 Å². The molecule has 0 spiro atoms. The Morgan fingerprint density at radius 3 is 3.00 bits per heavy atom. The molecule has 0 fully saturated rings. The van der Waals surface area contributed by atoms with E-state index in [1.807, 2.05) is 13.0 Å². The highest BCUT2D eigenvalue weighted by Gasteiger charge is 2.13. The fourth-order valence-corrected chi connectivity index (χ4v) is 3.73. The third-order valence-electron chi connectivity index (χ3n) is 3.37. The highest BCUT2D eigenvalue weighted by atomic mass is 32.2. The number of aromatic nitrogens is 3. The molecule has 0 radical (unpaired) electrons. The summed E-state index contributed by atoms with van der Waals surface area (Å²) in [5.74, 6) is 1.33. The number of nitrogens with zero attached hydrogens (tertiary/aromatic N) is 2. The van der Waals surface area contributed by atoms with Crippen molar-refractivity contribution in [3.05, 3.63) is 45.1 Å². The minimum atomic E-state index is -0.167. The zero-order valence-corrected chi connectivity index (χ0v) is 15.0. The van der Waals surface area contributed by atoms with Crippen LogP contribution < -0.4 is 10.2 Å². The molecule has 0 aliphatic carbocycles. The lowest BCUT2D eigenvalue weighted by atomic mass is 10.2. The zero-order chi connectivity index (χ0) is 17.1. The van der Waals surface area contributed by atoms with Crippen LogP contribution in [0.5, 0.6) is 0 Å². The number of H-pyrrole nitrogens is 1. The second kappa shape index (κ2) is 7.33. The van der Waals surface area contributed by atoms with Gasteiger partial charge in [-0.25, -0.2) is 9.97 Å². The summed E-state index contributed by atoms with van der Waals surface area (Å²) >= 11 is 2.58. The van der Waals surface area contributed by atoms with Crippen LogP contribution in [0.25, 0.3) is 10.3 Å². The molecular weight excluding hydrogens is 344 g/mol. The van der Waals surface area contributed by atoms with Crippen LogP contribution in [-0.2, 0) is 5.75 Å². The van der Waals surface area contributed by atoms with Crippen LogP contribution in [0.3, 0.4) is 0 Å². The van der Waals surface area contributed by atoms with Crippen molar-refractivity contribution in [3.63, 3.8) is 0 Å². The minimum absolute atomic E-state index is 0.0173. The normalized spacial score (nSPS) is 12.5. The molecular formula is C16H18N4O2S2. The number of aliphatic hydroxyl groups excluding tert-OH is 1. The second-order valence-corrected chi connectivity index (χ2v) is 7.48. The van der Waals surface area contributed by atoms with E-state index in [2.05, 4.69) is 45.4 Å². The van der Waals surface area contributed by atoms with Gasteiger partial charge in [0.1, 0.15) is 4.70 Å². The van der Waals surface area contributed by atoms with Crippen molar-refractivity contribution < 1.29 is 5.11 Å². The smallest absolute Gasteiger partial charge is 0.306 e. The number of nitrogens with one attached hydrogen (secondary N) is 2. The Labute approximate surface area is 147 Å². The van der Waals surface area contributed by atoms with Crippen LogP contribution in [0.2, 0.25) is 0 Å². The van der Waals surface area contributed by atoms with Crippen LogP contribution in [0.15, 0.2) is 34.2 Å². The first-order valence-electron chi connectivity index (χ1n) is 7.52. The molecule has 3 rings (SSSR count). The molecule has 0 bridgehead atoms. The molecule has 2 aromatic heterocycles. The van der Waals surface area contributed by atoms with E-state index >= 15 is 0 Å². The van der Waals surface area contributed by atoms with Gasteiger partial charge in [0.2, 0.25) is 0 Å². The standard InChI is InChI=1S/C16H18N4O2S2/c1-9-4-3-5-11(6-9)8-23-15-18-13(17-10(2)7-21)12-14(19-15)20-16(22)24-12/h3-6,10,21H,7-8H2,1-2H3,(H2,17,18,19,20,22)/t10-/m1/s1. The molecule has 0 saturated heterocycles. The molecule has 3 N–H and O–H groups in total. The molecule has 8 heteroatoms. The summed E-state index contributed by atoms with van der Waals surface area (Å²) in [6.07, 6.45) is 0. The van der Waals surface area contributed by atoms with Crippen molar-refractivity contribution in [2.45, 2.75) is 30.8 Å². The van der Waals surface area contributed by atoms with E-state index in [0.717, 1.165) is 17.1 Å². The quantitative estimate of drug-likeness (QED) is 0.461. The molecule has 1 atom stereocenters. The summed E-state index contributed by atoms with van der Waals surface area (Å²) in [6.45, 7) is 3.89. The van der Waals surface area contributed by atoms with Gasteiger partial charge in [0.05, 0.1) is 6.61 Å². The van der Waals surface area contributed by atoms with Crippen molar-refractivity contribution in [1.82, 2.24) is 15.0 Å². The average molecular weight is 362 g/mol. The number of benzene rings is 1. The van der Waals surface area contributed by atoms with Crippen LogP contribution >= 0.6 is 23.1 Å². The molecule has 2 heterocycles. The van der Waals surface area contributed by atoms with Gasteiger partial charge in [-0.15, -0.1) is 0 Å². The van der Waals surface area contributed by atoms with Crippen LogP contribution in [-0.4, -0.2) is 32.7 Å². The van der Waals surface area contributed by atoms with E-state index in [1.165, 1.54) is 22.9 Å². The van der Waals surface area contributed by atoms with E-state index in [1.54, 1.807) is 0 Å². The number of anilines is 1. The highest BCUT2D eigenvalue weighted by Crippen LogP contribution is 2.27. The lowest BCUT2D eigenvalue weighted by molar-refractivity contribution is 0.281. The molecule has 0 amide bonds. The number of thioether (sulfide) groups is 1. The topological polar surface area (TPSA) is 90.9 Å². The summed E-state index contributed by atoms with van der Waals surface area (Å²) in [5.41, 5.74) is 2.94. The van der Waals surface area contributed by atoms with Crippen molar-refractivity contribution in [1.29, 1.82) is 0 Å². The van der Waals surface area contributed by atoms with Crippen molar-refractivity contribution in [2.75, 3.05) is 11.9 Å². The predicted molar refractivity (Wildman–Crippen MR) is 98.9 cm³/mol. The van der Waals surface area contributed by atoms with Crippen molar-refractivity contribution >= 4 is 39.3 Å². The summed E-state index contributed by atoms with van der Waals surface area (Å²) in [4.78, 5) is 23.2. The first kappa shape index (κ1) is 16.9. The molecule has 0 saturated carbocycles. The number of hydrogen-bond donors (Lipinski definition) is 3. The molecule has 3 aromatic rings. The van der Waals surface area contributed by atoms with Gasteiger partial charge in [0.15, 0.2) is 16.6 Å². The molecule has 0 unspecified atom stereocenters. The van der Waals surface area contributed by atoms with Gasteiger partial charge in [0, 0.05) is 11.8 Å². The highest BCUT2D eigenvalue weighted by molar-refractivity contribution is 7.98. The third kappa shape index (κ3) is 3.95. The van der Waals surface area contributed by atoms with E-state index < -0.39 is 0 Å². The van der Waals surface area contributed by atoms with E-state index in [4.69, 9.17) is 0 Å². The Morgan fingerprint density at radius 2 is 2.25 bits per heavy atom. The monoisotopic (exact) mass is 362 g/mol. The summed E-state index contributed by atoms with van der Waals surface area (Å²) in [6, 6.07) is 8.13. The first-order valence-corrected chi connectivity index (χ1v) is 9.32. The second-order valence-electron chi connectivity index (χ2n) is 5.55. The lowest BCUT2D eigenvalue weighted by Gasteiger charge is -2.12. The maximum Gasteiger partial charge on any atom is 0.306 e. The van der Waals surface area contributed by atoms with Crippen LogP contribution in [0, 0.1) is 6.92 Å². The van der Waals surface area contributed by atoms with E-state index in [0.29, 0.717) is 21.3 Å². The molecule has 6 nitrogen and oxygen atoms in total. The Bertz CT molecular complexity index is 906. The van der Waals surface area contributed by atoms with Gasteiger partial charge in [-0.05, 0) is 19.4 Å². The largest absolute Gasteiger partial charge is 0.394 e. The Kier molecular flexibility index (Phi) is 5.17. The molecule has 126 valence electrons. The van der Waals surface area contributed by atoms with Gasteiger partial charge in [0.25, 0.3) is 0 Å². The van der Waals surface area contributed by atoms with Crippen LogP contribution in [0.4, 0.5) is 5.82 Å². The SMILES string of the molecule is Cc1cccc(CSc2nc(N[C@H](C)CO)c3sc(=O)[nH]c3n2)c1. The number of rotatable bonds is 6. The number of aliphatic hydroxyl groups is 1. The maximum absolute atomic E-state index is 11.6. The number of aryl methyl sites for hydroxylation is 1. The number of thiazole rings is 1. The molecule has 0 aliphatic rings. The van der Waals surface area contributed by atoms with E-state index in [9.17, 15) is 9.90 Å². The first-order chi connectivity index (χ1) is 11.5. The Hall–Kier alpha value is -1.90. The summed E-state index contributed by atoms with van der Waals surface area (Å²) < 4.78 is 0.681. The lowest BCUT2D eigenvalue weighted by Crippen LogP contribution is -2.20. The average Bonchev–Trinajstić information content (AvgIpc) is 2.93. The predicted octanol–water partition coefficient (Wildman–Crippen LogP) is 2.77. The fraction of sp³-hybridized carbons (Fsp3) is 0.312. The maximum atomic E-state index is 11.6. The van der Waals surface area contributed by atoms with Crippen molar-refractivity contribution in [2.24, 2.45) is 0 Å². The molecule has 1 aromatic carbocycles. The van der Waals surface area contributed by atoms with Gasteiger partial charge in [-0.1, -0.05) is 52.9 Å². The Balaban J connectivity index is 1.88. The minimum Gasteiger partial charge on any atom is -0.394 e.